The van der Waals surface area contributed by atoms with Gasteiger partial charge in [0.25, 0.3) is 5.91 Å². The third-order valence-corrected chi connectivity index (χ3v) is 4.41. The average molecular weight is 434 g/mol. The van der Waals surface area contributed by atoms with E-state index in [2.05, 4.69) is 11.2 Å². The summed E-state index contributed by atoms with van der Waals surface area (Å²) in [6.45, 7) is 4.17. The number of carbonyl (C=O) groups is 1. The molecule has 0 radical (unpaired) electrons. The van der Waals surface area contributed by atoms with Gasteiger partial charge in [-0.2, -0.15) is 0 Å². The molecule has 1 atom stereocenters. The first-order valence-electron chi connectivity index (χ1n) is 9.47. The highest BCUT2D eigenvalue weighted by atomic mass is 35.5. The van der Waals surface area contributed by atoms with Crippen LogP contribution in [0.5, 0.6) is 11.5 Å². The maximum absolute atomic E-state index is 13.4. The van der Waals surface area contributed by atoms with E-state index in [0.717, 1.165) is 5.56 Å². The molecule has 5 nitrogen and oxygen atoms in total. The first-order chi connectivity index (χ1) is 14.3. The smallest absolute Gasteiger partial charge is 0.253 e. The number of hydrogen-bond donors (Lipinski definition) is 1. The fourth-order valence-electron chi connectivity index (χ4n) is 2.77. The first kappa shape index (κ1) is 23.5. The average Bonchev–Trinajstić information content (AvgIpc) is 2.71. The molecule has 1 N–H and O–H groups in total. The number of amides is 1. The summed E-state index contributed by atoms with van der Waals surface area (Å²) in [5.74, 6) is 2.66. The number of rotatable bonds is 10. The van der Waals surface area contributed by atoms with E-state index >= 15 is 0 Å². The van der Waals surface area contributed by atoms with E-state index in [9.17, 15) is 9.18 Å². The third kappa shape index (κ3) is 6.65. The molecule has 2 aromatic rings. The number of carbonyl (C=O) groups excluding carboxylic acids is 1. The van der Waals surface area contributed by atoms with Crippen LogP contribution in [0.3, 0.4) is 0 Å². The lowest BCUT2D eigenvalue weighted by atomic mass is 10.1. The molecule has 0 aromatic heterocycles. The summed E-state index contributed by atoms with van der Waals surface area (Å²) in [6.07, 6.45) is 4.85. The summed E-state index contributed by atoms with van der Waals surface area (Å²) in [5, 5.41) is 2.72. The van der Waals surface area contributed by atoms with Crippen LogP contribution in [0.25, 0.3) is 0 Å². The van der Waals surface area contributed by atoms with Crippen molar-refractivity contribution in [1.82, 2.24) is 5.32 Å². The zero-order chi connectivity index (χ0) is 22.1. The molecule has 160 valence electrons. The predicted octanol–water partition coefficient (Wildman–Crippen LogP) is 4.32. The van der Waals surface area contributed by atoms with Crippen molar-refractivity contribution in [3.05, 3.63) is 58.4 Å². The first-order valence-corrected chi connectivity index (χ1v) is 9.84. The lowest BCUT2D eigenvalue weighted by molar-refractivity contribution is -0.132. The molecule has 0 saturated heterocycles. The van der Waals surface area contributed by atoms with Gasteiger partial charge in [-0.3, -0.25) is 4.79 Å². The van der Waals surface area contributed by atoms with Crippen LogP contribution in [0.4, 0.5) is 4.39 Å². The lowest BCUT2D eigenvalue weighted by Gasteiger charge is -2.18. The van der Waals surface area contributed by atoms with E-state index in [-0.39, 0.29) is 23.6 Å². The van der Waals surface area contributed by atoms with Gasteiger partial charge in [0.1, 0.15) is 12.4 Å². The van der Waals surface area contributed by atoms with Gasteiger partial charge >= 0.3 is 0 Å². The minimum atomic E-state index is -0.990. The van der Waals surface area contributed by atoms with Gasteiger partial charge in [-0.1, -0.05) is 29.7 Å². The molecule has 0 aliphatic heterocycles. The van der Waals surface area contributed by atoms with E-state index in [1.807, 2.05) is 32.0 Å². The molecule has 1 amide bonds. The molecule has 0 heterocycles. The van der Waals surface area contributed by atoms with Gasteiger partial charge in [0.2, 0.25) is 0 Å². The Morgan fingerprint density at radius 1 is 1.23 bits per heavy atom. The molecule has 2 aromatic carbocycles. The van der Waals surface area contributed by atoms with Crippen LogP contribution >= 0.6 is 11.6 Å². The van der Waals surface area contributed by atoms with Crippen LogP contribution in [-0.4, -0.2) is 32.3 Å². The molecule has 1 unspecified atom stereocenters. The summed E-state index contributed by atoms with van der Waals surface area (Å²) in [7, 11) is 1.58. The van der Waals surface area contributed by atoms with Crippen molar-refractivity contribution in [3.8, 4) is 23.8 Å². The molecule has 0 spiro atoms. The van der Waals surface area contributed by atoms with E-state index in [4.69, 9.17) is 32.2 Å². The quantitative estimate of drug-likeness (QED) is 0.567. The Kier molecular flexibility index (Phi) is 8.97. The number of methoxy groups -OCH3 is 1. The van der Waals surface area contributed by atoms with Crippen molar-refractivity contribution in [1.29, 1.82) is 0 Å². The molecule has 0 bridgehead atoms. The van der Waals surface area contributed by atoms with Crippen molar-refractivity contribution in [3.63, 3.8) is 0 Å². The molecule has 2 rings (SSSR count). The predicted molar refractivity (Wildman–Crippen MR) is 114 cm³/mol. The Morgan fingerprint density at radius 3 is 2.63 bits per heavy atom. The molecular formula is C23H25ClFNO4. The van der Waals surface area contributed by atoms with Crippen molar-refractivity contribution in [2.45, 2.75) is 32.5 Å². The van der Waals surface area contributed by atoms with Gasteiger partial charge in [0.05, 0.1) is 18.2 Å². The fraction of sp³-hybridized carbons (Fsp3) is 0.348. The highest BCUT2D eigenvalue weighted by Crippen LogP contribution is 2.29. The number of halogens is 2. The van der Waals surface area contributed by atoms with Crippen LogP contribution < -0.4 is 14.8 Å². The second-order valence-electron chi connectivity index (χ2n) is 6.76. The monoisotopic (exact) mass is 433 g/mol. The van der Waals surface area contributed by atoms with E-state index in [0.29, 0.717) is 30.0 Å². The van der Waals surface area contributed by atoms with Crippen molar-refractivity contribution in [2.24, 2.45) is 0 Å². The van der Waals surface area contributed by atoms with Crippen LogP contribution in [-0.2, 0) is 16.0 Å². The molecule has 0 saturated carbocycles. The lowest BCUT2D eigenvalue weighted by Crippen LogP contribution is -2.32. The Labute approximate surface area is 181 Å². The molecular weight excluding hydrogens is 409 g/mol. The second kappa shape index (κ2) is 11.4. The standard InChI is InChI=1S/C23H25ClFNO4/c1-5-12-29-22(17-7-8-19(25)18(24)14-17)23(27)26-11-10-16-6-9-20(30-15(2)3)21(13-16)28-4/h1,6-9,13-15,22H,10-12H2,2-4H3,(H,26,27). The van der Waals surface area contributed by atoms with Crippen LogP contribution in [0, 0.1) is 18.2 Å². The summed E-state index contributed by atoms with van der Waals surface area (Å²) < 4.78 is 30.0. The van der Waals surface area contributed by atoms with E-state index in [1.54, 1.807) is 7.11 Å². The normalized spacial score (nSPS) is 11.6. The highest BCUT2D eigenvalue weighted by molar-refractivity contribution is 6.30. The summed E-state index contributed by atoms with van der Waals surface area (Å²) in [4.78, 5) is 12.6. The summed E-state index contributed by atoms with van der Waals surface area (Å²) in [6, 6.07) is 9.62. The van der Waals surface area contributed by atoms with Gasteiger partial charge in [0.15, 0.2) is 17.6 Å². The van der Waals surface area contributed by atoms with Crippen LogP contribution in [0.2, 0.25) is 5.02 Å². The van der Waals surface area contributed by atoms with Gasteiger partial charge in [0, 0.05) is 6.54 Å². The number of benzene rings is 2. The molecule has 7 heteroatoms. The highest BCUT2D eigenvalue weighted by Gasteiger charge is 2.22. The maximum Gasteiger partial charge on any atom is 0.253 e. The van der Waals surface area contributed by atoms with Crippen molar-refractivity contribution >= 4 is 17.5 Å². The van der Waals surface area contributed by atoms with Gasteiger partial charge in [-0.05, 0) is 55.7 Å². The maximum atomic E-state index is 13.4. The van der Waals surface area contributed by atoms with E-state index in [1.165, 1.54) is 18.2 Å². The number of hydrogen-bond acceptors (Lipinski definition) is 4. The molecule has 0 fully saturated rings. The van der Waals surface area contributed by atoms with E-state index < -0.39 is 11.9 Å². The molecule has 0 aliphatic rings. The SMILES string of the molecule is C#CCOC(C(=O)NCCc1ccc(OC(C)C)c(OC)c1)c1ccc(F)c(Cl)c1. The zero-order valence-electron chi connectivity index (χ0n) is 17.2. The Morgan fingerprint density at radius 2 is 2.00 bits per heavy atom. The fourth-order valence-corrected chi connectivity index (χ4v) is 2.96. The minimum Gasteiger partial charge on any atom is -0.493 e. The summed E-state index contributed by atoms with van der Waals surface area (Å²) in [5.41, 5.74) is 1.39. The van der Waals surface area contributed by atoms with Crippen LogP contribution in [0.1, 0.15) is 31.1 Å². The second-order valence-corrected chi connectivity index (χ2v) is 7.17. The Balaban J connectivity index is 2.03. The number of ether oxygens (including phenoxy) is 3. The minimum absolute atomic E-state index is 0.0314. The van der Waals surface area contributed by atoms with Crippen LogP contribution in [0.15, 0.2) is 36.4 Å². The molecule has 0 aliphatic carbocycles. The third-order valence-electron chi connectivity index (χ3n) is 4.12. The zero-order valence-corrected chi connectivity index (χ0v) is 18.0. The van der Waals surface area contributed by atoms with Crippen molar-refractivity contribution in [2.75, 3.05) is 20.3 Å². The number of terminal acetylenes is 1. The molecule has 30 heavy (non-hydrogen) atoms. The van der Waals surface area contributed by atoms with Crippen molar-refractivity contribution < 1.29 is 23.4 Å². The largest absolute Gasteiger partial charge is 0.493 e. The topological polar surface area (TPSA) is 56.8 Å². The Bertz CT molecular complexity index is 911. The van der Waals surface area contributed by atoms with Gasteiger partial charge < -0.3 is 19.5 Å². The van der Waals surface area contributed by atoms with Gasteiger partial charge in [-0.15, -0.1) is 6.42 Å². The summed E-state index contributed by atoms with van der Waals surface area (Å²) >= 11 is 5.83. The van der Waals surface area contributed by atoms with Gasteiger partial charge in [-0.25, -0.2) is 4.39 Å². The number of nitrogens with one attached hydrogen (secondary N) is 1. The Hall–Kier alpha value is -2.75.